The molecule has 0 unspecified atom stereocenters. The predicted octanol–water partition coefficient (Wildman–Crippen LogP) is 6.15. The lowest BCUT2D eigenvalue weighted by atomic mass is 9.98. The highest BCUT2D eigenvalue weighted by molar-refractivity contribution is 6.14. The fourth-order valence-electron chi connectivity index (χ4n) is 3.36. The van der Waals surface area contributed by atoms with Crippen LogP contribution in [-0.2, 0) is 14.3 Å². The molecular weight excluding hydrogens is 404 g/mol. The second kappa shape index (κ2) is 15.0. The first kappa shape index (κ1) is 25.3. The van der Waals surface area contributed by atoms with E-state index in [0.29, 0.717) is 30.8 Å². The minimum Gasteiger partial charge on any atom is -0.466 e. The Morgan fingerprint density at radius 2 is 1.25 bits per heavy atom. The topological polar surface area (TPSA) is 69.7 Å². The fourth-order valence-corrected chi connectivity index (χ4v) is 3.36. The van der Waals surface area contributed by atoms with Crippen LogP contribution in [0.1, 0.15) is 91.0 Å². The maximum atomic E-state index is 12.7. The molecule has 0 spiro atoms. The van der Waals surface area contributed by atoms with E-state index >= 15 is 0 Å². The zero-order valence-corrected chi connectivity index (χ0v) is 19.0. The van der Waals surface area contributed by atoms with Crippen LogP contribution in [0, 0.1) is 0 Å². The molecule has 0 N–H and O–H groups in total. The largest absolute Gasteiger partial charge is 0.466 e. The highest BCUT2D eigenvalue weighted by Crippen LogP contribution is 2.16. The van der Waals surface area contributed by atoms with Crippen molar-refractivity contribution in [2.24, 2.45) is 0 Å². The smallest absolute Gasteiger partial charge is 0.338 e. The van der Waals surface area contributed by atoms with Gasteiger partial charge < -0.3 is 9.47 Å². The van der Waals surface area contributed by atoms with Crippen molar-refractivity contribution in [3.05, 3.63) is 71.3 Å². The second-order valence-corrected chi connectivity index (χ2v) is 7.82. The van der Waals surface area contributed by atoms with Crippen LogP contribution in [0.3, 0.4) is 0 Å². The van der Waals surface area contributed by atoms with Gasteiger partial charge >= 0.3 is 11.9 Å². The summed E-state index contributed by atoms with van der Waals surface area (Å²) in [6.45, 7) is 2.89. The molecule has 2 aromatic carbocycles. The van der Waals surface area contributed by atoms with Crippen molar-refractivity contribution in [2.45, 2.75) is 64.7 Å². The Morgan fingerprint density at radius 3 is 1.94 bits per heavy atom. The molecule has 0 saturated carbocycles. The monoisotopic (exact) mass is 438 g/mol. The van der Waals surface area contributed by atoms with Crippen LogP contribution < -0.4 is 0 Å². The van der Waals surface area contributed by atoms with Crippen LogP contribution >= 0.6 is 0 Å². The van der Waals surface area contributed by atoms with Gasteiger partial charge in [-0.15, -0.1) is 0 Å². The lowest BCUT2D eigenvalue weighted by Gasteiger charge is -2.09. The summed E-state index contributed by atoms with van der Waals surface area (Å²) in [6.07, 6.45) is 8.12. The van der Waals surface area contributed by atoms with E-state index in [1.54, 1.807) is 48.5 Å². The van der Waals surface area contributed by atoms with E-state index in [0.717, 1.165) is 51.4 Å². The minimum atomic E-state index is -0.484. The van der Waals surface area contributed by atoms with Gasteiger partial charge in [0.25, 0.3) is 0 Å². The second-order valence-electron chi connectivity index (χ2n) is 7.82. The van der Waals surface area contributed by atoms with Gasteiger partial charge in [-0.3, -0.25) is 9.59 Å². The summed E-state index contributed by atoms with van der Waals surface area (Å²) in [5.41, 5.74) is 1.17. The van der Waals surface area contributed by atoms with E-state index in [1.807, 2.05) is 6.07 Å². The van der Waals surface area contributed by atoms with Crippen LogP contribution in [0.25, 0.3) is 0 Å². The molecule has 5 heteroatoms. The number of hydrogen-bond donors (Lipinski definition) is 0. The van der Waals surface area contributed by atoms with Crippen molar-refractivity contribution in [1.29, 1.82) is 0 Å². The van der Waals surface area contributed by atoms with Gasteiger partial charge in [0, 0.05) is 17.5 Å². The molecule has 0 aliphatic heterocycles. The van der Waals surface area contributed by atoms with Crippen LogP contribution in [0.4, 0.5) is 0 Å². The molecular formula is C27H34O5. The molecule has 5 nitrogen and oxygen atoms in total. The molecule has 0 aliphatic carbocycles. The number of carbonyl (C=O) groups excluding carboxylic acids is 3. The van der Waals surface area contributed by atoms with Crippen molar-refractivity contribution in [1.82, 2.24) is 0 Å². The zero-order chi connectivity index (χ0) is 23.0. The number of unbranched alkanes of at least 4 members (excludes halogenated alkanes) is 6. The van der Waals surface area contributed by atoms with Gasteiger partial charge in [-0.2, -0.15) is 0 Å². The van der Waals surface area contributed by atoms with Crippen molar-refractivity contribution < 1.29 is 23.9 Å². The number of carbonyl (C=O) groups is 3. The van der Waals surface area contributed by atoms with Gasteiger partial charge in [0.15, 0.2) is 5.78 Å². The molecule has 2 aromatic rings. The summed E-state index contributed by atoms with van der Waals surface area (Å²) < 4.78 is 10.6. The van der Waals surface area contributed by atoms with Gasteiger partial charge in [0.05, 0.1) is 18.8 Å². The molecule has 172 valence electrons. The molecule has 0 radical (unpaired) electrons. The Kier molecular flexibility index (Phi) is 11.8. The molecule has 0 amide bonds. The summed E-state index contributed by atoms with van der Waals surface area (Å²) in [7, 11) is 0. The van der Waals surface area contributed by atoms with Crippen molar-refractivity contribution in [3.63, 3.8) is 0 Å². The number of esters is 2. The molecule has 0 fully saturated rings. The normalized spacial score (nSPS) is 10.5. The summed E-state index contributed by atoms with van der Waals surface area (Å²) in [4.78, 5) is 36.9. The van der Waals surface area contributed by atoms with Gasteiger partial charge in [-0.1, -0.05) is 74.7 Å². The average molecular weight is 439 g/mol. The molecule has 0 aliphatic rings. The molecule has 0 saturated heterocycles. The first-order valence-electron chi connectivity index (χ1n) is 11.6. The van der Waals surface area contributed by atoms with Gasteiger partial charge in [-0.25, -0.2) is 4.79 Å². The highest BCUT2D eigenvalue weighted by atomic mass is 16.5. The van der Waals surface area contributed by atoms with Crippen LogP contribution in [0.2, 0.25) is 0 Å². The zero-order valence-electron chi connectivity index (χ0n) is 19.0. The average Bonchev–Trinajstić information content (AvgIpc) is 2.83. The lowest BCUT2D eigenvalue weighted by molar-refractivity contribution is -0.143. The third-order valence-electron chi connectivity index (χ3n) is 5.20. The van der Waals surface area contributed by atoms with Crippen molar-refractivity contribution >= 4 is 17.7 Å². The van der Waals surface area contributed by atoms with Crippen LogP contribution in [0.15, 0.2) is 54.6 Å². The summed E-state index contributed by atoms with van der Waals surface area (Å²) in [6, 6.07) is 15.6. The number of rotatable bonds is 15. The third kappa shape index (κ3) is 9.04. The van der Waals surface area contributed by atoms with Gasteiger partial charge in [0.1, 0.15) is 0 Å². The number of hydrogen-bond acceptors (Lipinski definition) is 5. The van der Waals surface area contributed by atoms with E-state index in [2.05, 4.69) is 6.92 Å². The van der Waals surface area contributed by atoms with E-state index in [4.69, 9.17) is 9.47 Å². The third-order valence-corrected chi connectivity index (χ3v) is 5.20. The first-order valence-corrected chi connectivity index (χ1v) is 11.6. The minimum absolute atomic E-state index is 0.112. The number of ether oxygens (including phenoxy) is 2. The van der Waals surface area contributed by atoms with E-state index in [1.165, 1.54) is 0 Å². The Bertz CT molecular complexity index is 844. The Morgan fingerprint density at radius 1 is 0.656 bits per heavy atom. The Labute approximate surface area is 191 Å². The van der Waals surface area contributed by atoms with E-state index in [9.17, 15) is 14.4 Å². The van der Waals surface area contributed by atoms with E-state index in [-0.39, 0.29) is 17.3 Å². The van der Waals surface area contributed by atoms with E-state index < -0.39 is 5.97 Å². The number of benzene rings is 2. The first-order chi connectivity index (χ1) is 15.6. The lowest BCUT2D eigenvalue weighted by Crippen LogP contribution is -2.13. The predicted molar refractivity (Wildman–Crippen MR) is 125 cm³/mol. The maximum absolute atomic E-state index is 12.7. The standard InChI is InChI=1S/C27H34O5/c1-2-3-4-10-19-25(28)31-20-13-5-6-14-21-32-27(30)24-18-12-11-17-23(24)26(29)22-15-8-7-9-16-22/h7-9,11-12,15-18H,2-6,10,13-14,19-21H2,1H3. The fraction of sp³-hybridized carbons (Fsp3) is 0.444. The van der Waals surface area contributed by atoms with Crippen molar-refractivity contribution in [2.75, 3.05) is 13.2 Å². The van der Waals surface area contributed by atoms with Crippen LogP contribution in [-0.4, -0.2) is 30.9 Å². The molecule has 0 aromatic heterocycles. The maximum Gasteiger partial charge on any atom is 0.338 e. The van der Waals surface area contributed by atoms with Crippen LogP contribution in [0.5, 0.6) is 0 Å². The molecule has 0 bridgehead atoms. The van der Waals surface area contributed by atoms with Crippen molar-refractivity contribution in [3.8, 4) is 0 Å². The Balaban J connectivity index is 1.64. The SMILES string of the molecule is CCCCCCC(=O)OCCCCCCOC(=O)c1ccccc1C(=O)c1ccccc1. The van der Waals surface area contributed by atoms with Gasteiger partial charge in [0.2, 0.25) is 0 Å². The molecule has 0 atom stereocenters. The summed E-state index contributed by atoms with van der Waals surface area (Å²) >= 11 is 0. The number of ketones is 1. The summed E-state index contributed by atoms with van der Waals surface area (Å²) in [5, 5.41) is 0. The Hall–Kier alpha value is -2.95. The quantitative estimate of drug-likeness (QED) is 0.189. The summed E-state index contributed by atoms with van der Waals surface area (Å²) in [5.74, 6) is -0.793. The molecule has 2 rings (SSSR count). The molecule has 0 heterocycles. The molecule has 32 heavy (non-hydrogen) atoms. The highest BCUT2D eigenvalue weighted by Gasteiger charge is 2.18. The van der Waals surface area contributed by atoms with Gasteiger partial charge in [-0.05, 0) is 38.2 Å².